The number of aromatic nitrogens is 1. The number of carbonyl (C=O) groups is 2. The Kier molecular flexibility index (Phi) is 6.09. The summed E-state index contributed by atoms with van der Waals surface area (Å²) in [6.07, 6.45) is 1.92. The number of hydrogen-bond donors (Lipinski definition) is 3. The first kappa shape index (κ1) is 23.5. The molecule has 0 unspecified atom stereocenters. The normalized spacial score (nSPS) is 22.6. The molecule has 2 saturated heterocycles. The number of amides is 2. The van der Waals surface area contributed by atoms with E-state index in [2.05, 4.69) is 28.6 Å². The summed E-state index contributed by atoms with van der Waals surface area (Å²) in [5.41, 5.74) is 4.48. The van der Waals surface area contributed by atoms with Gasteiger partial charge in [-0.3, -0.25) is 14.5 Å². The van der Waals surface area contributed by atoms with Crippen LogP contribution >= 0.6 is 0 Å². The molecular formula is C27H30F2N4O2. The molecule has 2 amide bonds. The minimum absolute atomic E-state index is 0.0409. The van der Waals surface area contributed by atoms with Gasteiger partial charge in [-0.2, -0.15) is 0 Å². The maximum absolute atomic E-state index is 14.0. The van der Waals surface area contributed by atoms with Crippen molar-refractivity contribution in [3.05, 3.63) is 70.4 Å². The van der Waals surface area contributed by atoms with E-state index >= 15 is 0 Å². The van der Waals surface area contributed by atoms with Gasteiger partial charge >= 0.3 is 0 Å². The third kappa shape index (κ3) is 4.55. The van der Waals surface area contributed by atoms with Gasteiger partial charge in [0.1, 0.15) is 0 Å². The second-order valence-corrected chi connectivity index (χ2v) is 9.99. The van der Waals surface area contributed by atoms with E-state index in [9.17, 15) is 18.4 Å². The van der Waals surface area contributed by atoms with Crippen LogP contribution in [0.15, 0.2) is 36.4 Å². The van der Waals surface area contributed by atoms with E-state index < -0.39 is 17.2 Å². The van der Waals surface area contributed by atoms with E-state index in [0.717, 1.165) is 41.1 Å². The second kappa shape index (κ2) is 9.07. The van der Waals surface area contributed by atoms with Gasteiger partial charge in [0, 0.05) is 48.6 Å². The van der Waals surface area contributed by atoms with E-state index in [4.69, 9.17) is 0 Å². The van der Waals surface area contributed by atoms with Crippen molar-refractivity contribution in [3.63, 3.8) is 0 Å². The number of nitrogens with zero attached hydrogens (tertiary/aromatic N) is 1. The number of aromatic amines is 1. The molecule has 2 aromatic carbocycles. The second-order valence-electron chi connectivity index (χ2n) is 9.99. The topological polar surface area (TPSA) is 77.2 Å². The van der Waals surface area contributed by atoms with Gasteiger partial charge in [0.2, 0.25) is 11.8 Å². The molecule has 35 heavy (non-hydrogen) atoms. The van der Waals surface area contributed by atoms with Crippen LogP contribution in [0, 0.1) is 25.5 Å². The average Bonchev–Trinajstić information content (AvgIpc) is 3.30. The first-order valence-electron chi connectivity index (χ1n) is 12.1. The summed E-state index contributed by atoms with van der Waals surface area (Å²) >= 11 is 0. The predicted molar refractivity (Wildman–Crippen MR) is 130 cm³/mol. The number of piperidine rings is 1. The van der Waals surface area contributed by atoms with Crippen molar-refractivity contribution >= 4 is 22.7 Å². The van der Waals surface area contributed by atoms with E-state index in [1.807, 2.05) is 24.0 Å². The summed E-state index contributed by atoms with van der Waals surface area (Å²) in [6.45, 7) is 5.67. The van der Waals surface area contributed by atoms with Crippen molar-refractivity contribution in [3.8, 4) is 0 Å². The molecule has 1 aromatic heterocycles. The van der Waals surface area contributed by atoms with Gasteiger partial charge in [0.15, 0.2) is 11.6 Å². The van der Waals surface area contributed by atoms with E-state index in [1.54, 1.807) is 6.07 Å². The van der Waals surface area contributed by atoms with Gasteiger partial charge in [-0.25, -0.2) is 8.78 Å². The molecule has 2 aliphatic heterocycles. The van der Waals surface area contributed by atoms with Crippen molar-refractivity contribution in [2.75, 3.05) is 19.6 Å². The molecule has 3 aromatic rings. The van der Waals surface area contributed by atoms with Crippen molar-refractivity contribution in [1.29, 1.82) is 0 Å². The molecule has 2 atom stereocenters. The number of likely N-dealkylation sites (tertiary alicyclic amines) is 1. The SMILES string of the molecule is Cc1[nH]c2ccc(CNC(=O)CN3C[C@@H](c4ccc(F)c(F)c4)[C@@]4(CCCC(=O)N4)C3)cc2c1C. The van der Waals surface area contributed by atoms with Crippen LogP contribution in [-0.2, 0) is 16.1 Å². The number of aryl methyl sites for hydroxylation is 2. The smallest absolute Gasteiger partial charge is 0.234 e. The fourth-order valence-electron chi connectivity index (χ4n) is 5.71. The molecule has 2 aliphatic rings. The minimum atomic E-state index is -0.902. The minimum Gasteiger partial charge on any atom is -0.358 e. The molecular weight excluding hydrogens is 450 g/mol. The lowest BCUT2D eigenvalue weighted by atomic mass is 9.76. The summed E-state index contributed by atoms with van der Waals surface area (Å²) in [6, 6.07) is 10.0. The summed E-state index contributed by atoms with van der Waals surface area (Å²) in [5.74, 6) is -2.18. The maximum Gasteiger partial charge on any atom is 0.234 e. The number of fused-ring (bicyclic) bond motifs is 1. The van der Waals surface area contributed by atoms with Crippen molar-refractivity contribution in [2.45, 2.75) is 51.1 Å². The van der Waals surface area contributed by atoms with E-state index in [-0.39, 0.29) is 24.3 Å². The molecule has 8 heteroatoms. The lowest BCUT2D eigenvalue weighted by Crippen LogP contribution is -2.56. The lowest BCUT2D eigenvalue weighted by molar-refractivity contribution is -0.125. The summed E-state index contributed by atoms with van der Waals surface area (Å²) in [4.78, 5) is 30.5. The van der Waals surface area contributed by atoms with Gasteiger partial charge in [-0.1, -0.05) is 12.1 Å². The Labute approximate surface area is 203 Å². The van der Waals surface area contributed by atoms with Crippen LogP contribution < -0.4 is 10.6 Å². The van der Waals surface area contributed by atoms with Gasteiger partial charge in [-0.05, 0) is 67.6 Å². The van der Waals surface area contributed by atoms with Crippen molar-refractivity contribution < 1.29 is 18.4 Å². The molecule has 0 radical (unpaired) electrons. The Morgan fingerprint density at radius 3 is 2.77 bits per heavy atom. The molecule has 184 valence electrons. The standard InChI is InChI=1S/C27H30F2N4O2/c1-16-17(2)31-24-8-5-18(10-20(16)24)12-30-26(35)14-33-13-21(19-6-7-22(28)23(29)11-19)27(15-33)9-3-4-25(34)32-27/h5-8,10-11,21,31H,3-4,9,12-15H2,1-2H3,(H,30,35)(H,32,34)/t21-,27+/m0/s1. The highest BCUT2D eigenvalue weighted by atomic mass is 19.2. The van der Waals surface area contributed by atoms with Crippen LogP contribution in [0.3, 0.4) is 0 Å². The van der Waals surface area contributed by atoms with Crippen molar-refractivity contribution in [2.24, 2.45) is 0 Å². The highest BCUT2D eigenvalue weighted by molar-refractivity contribution is 5.85. The molecule has 2 fully saturated rings. The highest BCUT2D eigenvalue weighted by Crippen LogP contribution is 2.41. The number of nitrogens with one attached hydrogen (secondary N) is 3. The molecule has 0 saturated carbocycles. The molecule has 3 heterocycles. The third-order valence-corrected chi connectivity index (χ3v) is 7.60. The number of halogens is 2. The largest absolute Gasteiger partial charge is 0.358 e. The predicted octanol–water partition coefficient (Wildman–Crippen LogP) is 3.82. The summed E-state index contributed by atoms with van der Waals surface area (Å²) in [7, 11) is 0. The monoisotopic (exact) mass is 480 g/mol. The first-order valence-corrected chi connectivity index (χ1v) is 12.1. The van der Waals surface area contributed by atoms with Gasteiger partial charge < -0.3 is 15.6 Å². The maximum atomic E-state index is 14.0. The first-order chi connectivity index (χ1) is 16.7. The molecule has 6 nitrogen and oxygen atoms in total. The van der Waals surface area contributed by atoms with Crippen LogP contribution in [0.2, 0.25) is 0 Å². The lowest BCUT2D eigenvalue weighted by Gasteiger charge is -2.39. The Morgan fingerprint density at radius 1 is 1.17 bits per heavy atom. The van der Waals surface area contributed by atoms with Gasteiger partial charge in [-0.15, -0.1) is 0 Å². The number of H-pyrrole nitrogens is 1. The fraction of sp³-hybridized carbons (Fsp3) is 0.407. The van der Waals surface area contributed by atoms with Gasteiger partial charge in [0.25, 0.3) is 0 Å². The van der Waals surface area contributed by atoms with Crippen LogP contribution in [0.4, 0.5) is 8.78 Å². The Hall–Kier alpha value is -3.26. The number of carbonyl (C=O) groups excluding carboxylic acids is 2. The van der Waals surface area contributed by atoms with Crippen molar-refractivity contribution in [1.82, 2.24) is 20.5 Å². The number of hydrogen-bond acceptors (Lipinski definition) is 3. The quantitative estimate of drug-likeness (QED) is 0.520. The zero-order valence-corrected chi connectivity index (χ0v) is 20.0. The number of rotatable bonds is 5. The molecule has 0 bridgehead atoms. The fourth-order valence-corrected chi connectivity index (χ4v) is 5.71. The highest BCUT2D eigenvalue weighted by Gasteiger charge is 2.49. The molecule has 5 rings (SSSR count). The molecule has 3 N–H and O–H groups in total. The zero-order chi connectivity index (χ0) is 24.7. The van der Waals surface area contributed by atoms with Crippen LogP contribution in [0.1, 0.15) is 47.6 Å². The molecule has 0 aliphatic carbocycles. The summed E-state index contributed by atoms with van der Waals surface area (Å²) in [5, 5.41) is 7.28. The molecule has 1 spiro atoms. The average molecular weight is 481 g/mol. The number of benzene rings is 2. The third-order valence-electron chi connectivity index (χ3n) is 7.60. The van der Waals surface area contributed by atoms with E-state index in [1.165, 1.54) is 11.6 Å². The van der Waals surface area contributed by atoms with Crippen LogP contribution in [-0.4, -0.2) is 46.9 Å². The Balaban J connectivity index is 1.28. The van der Waals surface area contributed by atoms with Gasteiger partial charge in [0.05, 0.1) is 12.1 Å². The van der Waals surface area contributed by atoms with E-state index in [0.29, 0.717) is 31.6 Å². The Bertz CT molecular complexity index is 1300. The van der Waals surface area contributed by atoms with Crippen LogP contribution in [0.5, 0.6) is 0 Å². The zero-order valence-electron chi connectivity index (χ0n) is 20.0. The Morgan fingerprint density at radius 2 is 2.00 bits per heavy atom. The summed E-state index contributed by atoms with van der Waals surface area (Å²) < 4.78 is 27.6. The van der Waals surface area contributed by atoms with Crippen LogP contribution in [0.25, 0.3) is 10.9 Å².